The second-order valence-electron chi connectivity index (χ2n) is 6.28. The minimum absolute atomic E-state index is 0.118. The Bertz CT molecular complexity index is 614. The zero-order valence-corrected chi connectivity index (χ0v) is 15.4. The molecule has 1 aliphatic rings. The van der Waals surface area contributed by atoms with Crippen molar-refractivity contribution < 1.29 is 19.1 Å². The van der Waals surface area contributed by atoms with Crippen molar-refractivity contribution >= 4 is 35.1 Å². The number of benzene rings is 1. The second kappa shape index (κ2) is 7.19. The number of nitrogens with one attached hydrogen (secondary N) is 1. The number of amides is 1. The summed E-state index contributed by atoms with van der Waals surface area (Å²) >= 11 is 12.1. The summed E-state index contributed by atoms with van der Waals surface area (Å²) in [6.45, 7) is 3.53. The van der Waals surface area contributed by atoms with Crippen molar-refractivity contribution in [2.45, 2.75) is 42.5 Å². The number of hydrogen-bond acceptors (Lipinski definition) is 4. The molecule has 2 rings (SSSR count). The largest absolute Gasteiger partial charge is 0.478 e. The summed E-state index contributed by atoms with van der Waals surface area (Å²) < 4.78 is 9.62. The van der Waals surface area contributed by atoms with Gasteiger partial charge in [0.2, 0.25) is 0 Å². The lowest BCUT2D eigenvalue weighted by atomic mass is 10.1. The third-order valence-corrected chi connectivity index (χ3v) is 4.71. The van der Waals surface area contributed by atoms with Crippen molar-refractivity contribution in [1.82, 2.24) is 5.32 Å². The van der Waals surface area contributed by atoms with Crippen LogP contribution in [0.2, 0.25) is 0 Å². The molecule has 0 spiro atoms. The van der Waals surface area contributed by atoms with E-state index < -0.39 is 9.93 Å². The molecule has 1 amide bonds. The van der Waals surface area contributed by atoms with Crippen molar-refractivity contribution in [2.75, 3.05) is 13.7 Å². The van der Waals surface area contributed by atoms with Crippen LogP contribution in [0, 0.1) is 0 Å². The number of alkyl halides is 2. The maximum Gasteiger partial charge on any atom is 0.307 e. The number of methoxy groups -OCH3 is 1. The molecule has 0 radical (unpaired) electrons. The van der Waals surface area contributed by atoms with Gasteiger partial charge in [0.15, 0.2) is 5.60 Å². The van der Waals surface area contributed by atoms with Gasteiger partial charge in [-0.3, -0.25) is 9.59 Å². The van der Waals surface area contributed by atoms with Crippen molar-refractivity contribution in [3.63, 3.8) is 0 Å². The Morgan fingerprint density at radius 3 is 2.38 bits per heavy atom. The molecule has 0 heterocycles. The number of hydrogen-bond donors (Lipinski definition) is 1. The average Bonchev–Trinajstić information content (AvgIpc) is 3.16. The van der Waals surface area contributed by atoms with E-state index in [9.17, 15) is 9.59 Å². The van der Waals surface area contributed by atoms with E-state index in [1.54, 1.807) is 26.0 Å². The van der Waals surface area contributed by atoms with E-state index in [-0.39, 0.29) is 30.8 Å². The molecule has 0 aromatic heterocycles. The smallest absolute Gasteiger partial charge is 0.307 e. The summed E-state index contributed by atoms with van der Waals surface area (Å²) in [6, 6.07) is 7.39. The lowest BCUT2D eigenvalue weighted by Crippen LogP contribution is -2.47. The fraction of sp³-hybridized carbons (Fsp3) is 0.529. The number of esters is 1. The molecule has 1 aliphatic carbocycles. The normalized spacial score (nSPS) is 18.6. The van der Waals surface area contributed by atoms with Gasteiger partial charge < -0.3 is 14.8 Å². The van der Waals surface area contributed by atoms with Crippen LogP contribution in [0.15, 0.2) is 24.3 Å². The van der Waals surface area contributed by atoms with Crippen LogP contribution in [-0.4, -0.2) is 35.5 Å². The van der Waals surface area contributed by atoms with Crippen LogP contribution >= 0.6 is 23.2 Å². The maximum absolute atomic E-state index is 12.2. The molecule has 0 aliphatic heterocycles. The number of halogens is 2. The fourth-order valence-electron chi connectivity index (χ4n) is 2.28. The van der Waals surface area contributed by atoms with E-state index in [0.717, 1.165) is 12.0 Å². The van der Waals surface area contributed by atoms with Gasteiger partial charge in [-0.15, -0.1) is 23.2 Å². The fourth-order valence-corrected chi connectivity index (χ4v) is 2.84. The first-order valence-corrected chi connectivity index (χ1v) is 8.43. The summed E-state index contributed by atoms with van der Waals surface area (Å²) in [5.74, 6) is 0.0318. The first-order chi connectivity index (χ1) is 11.2. The topological polar surface area (TPSA) is 64.6 Å². The van der Waals surface area contributed by atoms with Crippen molar-refractivity contribution in [3.8, 4) is 5.75 Å². The lowest BCUT2D eigenvalue weighted by molar-refractivity contribution is -0.140. The van der Waals surface area contributed by atoms with Gasteiger partial charge >= 0.3 is 5.97 Å². The van der Waals surface area contributed by atoms with E-state index in [2.05, 4.69) is 10.1 Å². The highest BCUT2D eigenvalue weighted by Crippen LogP contribution is 2.59. The summed E-state index contributed by atoms with van der Waals surface area (Å²) in [5, 5.41) is 2.66. The molecule has 0 unspecified atom stereocenters. The van der Waals surface area contributed by atoms with Crippen LogP contribution in [0.3, 0.4) is 0 Å². The SMILES string of the molecule is COC(=O)CCNC(=O)C(C)(C)Oc1ccc([C@H]2CC2(Cl)Cl)cc1. The third-order valence-electron chi connectivity index (χ3n) is 3.87. The van der Waals surface area contributed by atoms with Crippen LogP contribution in [0.1, 0.15) is 38.2 Å². The molecular formula is C17H21Cl2NO4. The summed E-state index contributed by atoms with van der Waals surface area (Å²) in [7, 11) is 1.31. The molecule has 1 atom stereocenters. The van der Waals surface area contributed by atoms with Gasteiger partial charge in [-0.25, -0.2) is 0 Å². The number of carbonyl (C=O) groups is 2. The van der Waals surface area contributed by atoms with E-state index in [1.807, 2.05) is 12.1 Å². The Balaban J connectivity index is 1.88. The van der Waals surface area contributed by atoms with Crippen LogP contribution < -0.4 is 10.1 Å². The van der Waals surface area contributed by atoms with Gasteiger partial charge in [0, 0.05) is 12.5 Å². The third kappa shape index (κ3) is 4.77. The van der Waals surface area contributed by atoms with Crippen LogP contribution in [-0.2, 0) is 14.3 Å². The Morgan fingerprint density at radius 2 is 1.88 bits per heavy atom. The van der Waals surface area contributed by atoms with Crippen molar-refractivity contribution in [3.05, 3.63) is 29.8 Å². The average molecular weight is 374 g/mol. The number of carbonyl (C=O) groups excluding carboxylic acids is 2. The quantitative estimate of drug-likeness (QED) is 0.588. The van der Waals surface area contributed by atoms with E-state index in [4.69, 9.17) is 27.9 Å². The zero-order valence-electron chi connectivity index (χ0n) is 13.9. The second-order valence-corrected chi connectivity index (χ2v) is 7.82. The molecule has 1 N–H and O–H groups in total. The zero-order chi connectivity index (χ0) is 18.0. The predicted octanol–water partition coefficient (Wildman–Crippen LogP) is 3.18. The van der Waals surface area contributed by atoms with Gasteiger partial charge in [0.05, 0.1) is 13.5 Å². The van der Waals surface area contributed by atoms with E-state index in [0.29, 0.717) is 5.75 Å². The van der Waals surface area contributed by atoms with Crippen molar-refractivity contribution in [2.24, 2.45) is 0 Å². The molecule has 5 nitrogen and oxygen atoms in total. The molecule has 0 saturated heterocycles. The molecule has 1 aromatic rings. The Hall–Kier alpha value is -1.46. The summed E-state index contributed by atoms with van der Waals surface area (Å²) in [5.41, 5.74) is -0.0207. The Labute approximate surface area is 151 Å². The van der Waals surface area contributed by atoms with Crippen molar-refractivity contribution in [1.29, 1.82) is 0 Å². The minimum Gasteiger partial charge on any atom is -0.478 e. The lowest BCUT2D eigenvalue weighted by Gasteiger charge is -2.25. The van der Waals surface area contributed by atoms with Crippen LogP contribution in [0.4, 0.5) is 0 Å². The highest BCUT2D eigenvalue weighted by Gasteiger charge is 2.52. The monoisotopic (exact) mass is 373 g/mol. The van der Waals surface area contributed by atoms with E-state index in [1.165, 1.54) is 7.11 Å². The molecule has 7 heteroatoms. The standard InChI is InChI=1S/C17H21Cl2NO4/c1-16(2,15(22)20-9-8-14(21)23-3)24-12-6-4-11(5-7-12)13-10-17(13,18)19/h4-7,13H,8-10H2,1-3H3,(H,20,22)/t13-/m1/s1. The highest BCUT2D eigenvalue weighted by molar-refractivity contribution is 6.51. The van der Waals surface area contributed by atoms with Crippen LogP contribution in [0.25, 0.3) is 0 Å². The Morgan fingerprint density at radius 1 is 1.29 bits per heavy atom. The van der Waals surface area contributed by atoms with Gasteiger partial charge in [0.25, 0.3) is 5.91 Å². The summed E-state index contributed by atoms with van der Waals surface area (Å²) in [4.78, 5) is 23.2. The molecule has 0 bridgehead atoms. The first-order valence-electron chi connectivity index (χ1n) is 7.67. The summed E-state index contributed by atoms with van der Waals surface area (Å²) in [6.07, 6.45) is 0.859. The molecule has 132 valence electrons. The van der Waals surface area contributed by atoms with E-state index >= 15 is 0 Å². The number of ether oxygens (including phenoxy) is 2. The molecule has 1 fully saturated rings. The van der Waals surface area contributed by atoms with Crippen LogP contribution in [0.5, 0.6) is 5.75 Å². The predicted molar refractivity (Wildman–Crippen MR) is 92.6 cm³/mol. The highest BCUT2D eigenvalue weighted by atomic mass is 35.5. The van der Waals surface area contributed by atoms with Gasteiger partial charge in [-0.05, 0) is 38.0 Å². The molecule has 1 saturated carbocycles. The van der Waals surface area contributed by atoms with Gasteiger partial charge in [-0.1, -0.05) is 12.1 Å². The number of rotatable bonds is 7. The Kier molecular flexibility index (Phi) is 5.66. The van der Waals surface area contributed by atoms with Gasteiger partial charge in [0.1, 0.15) is 10.1 Å². The van der Waals surface area contributed by atoms with Gasteiger partial charge in [-0.2, -0.15) is 0 Å². The maximum atomic E-state index is 12.2. The molecule has 24 heavy (non-hydrogen) atoms. The first kappa shape index (κ1) is 18.9. The molecular weight excluding hydrogens is 353 g/mol. The molecule has 1 aromatic carbocycles. The minimum atomic E-state index is -1.07.